The summed E-state index contributed by atoms with van der Waals surface area (Å²) in [5.74, 6) is -0.220. The number of aliphatic hydroxyl groups is 1. The van der Waals surface area contributed by atoms with E-state index >= 15 is 0 Å². The molecule has 0 amide bonds. The second-order valence-electron chi connectivity index (χ2n) is 5.85. The van der Waals surface area contributed by atoms with Crippen LogP contribution in [0.3, 0.4) is 0 Å². The van der Waals surface area contributed by atoms with E-state index in [1.807, 2.05) is 20.8 Å². The van der Waals surface area contributed by atoms with Gasteiger partial charge < -0.3 is 14.7 Å². The van der Waals surface area contributed by atoms with Crippen LogP contribution in [0.4, 0.5) is 0 Å². The molecular formula is C14H27NO3. The second-order valence-corrected chi connectivity index (χ2v) is 5.85. The van der Waals surface area contributed by atoms with Crippen LogP contribution >= 0.6 is 0 Å². The molecule has 0 bridgehead atoms. The van der Waals surface area contributed by atoms with Gasteiger partial charge in [0, 0.05) is 6.54 Å². The van der Waals surface area contributed by atoms with E-state index in [0.29, 0.717) is 6.54 Å². The number of piperidine rings is 1. The molecule has 4 heteroatoms. The molecule has 1 saturated heterocycles. The lowest BCUT2D eigenvalue weighted by Gasteiger charge is -2.28. The fourth-order valence-corrected chi connectivity index (χ4v) is 2.00. The standard InChI is InChI=1S/C14H27NO3/c1-4-14(2,3)13(17)18-11-12(16)10-15-8-6-5-7-9-15/h12,16H,4-11H2,1-3H3. The van der Waals surface area contributed by atoms with Crippen LogP contribution in [-0.4, -0.2) is 48.3 Å². The molecule has 1 N–H and O–H groups in total. The second kappa shape index (κ2) is 7.10. The summed E-state index contributed by atoms with van der Waals surface area (Å²) in [4.78, 5) is 14.0. The van der Waals surface area contributed by atoms with Crippen molar-refractivity contribution in [2.24, 2.45) is 5.41 Å². The van der Waals surface area contributed by atoms with Gasteiger partial charge in [-0.05, 0) is 46.2 Å². The molecule has 1 rings (SSSR count). The first kappa shape index (κ1) is 15.4. The maximum absolute atomic E-state index is 11.7. The van der Waals surface area contributed by atoms with Gasteiger partial charge in [-0.3, -0.25) is 4.79 Å². The summed E-state index contributed by atoms with van der Waals surface area (Å²) in [7, 11) is 0. The van der Waals surface area contributed by atoms with E-state index in [0.717, 1.165) is 19.5 Å². The Hall–Kier alpha value is -0.610. The number of aliphatic hydroxyl groups excluding tert-OH is 1. The minimum absolute atomic E-state index is 0.110. The molecule has 18 heavy (non-hydrogen) atoms. The average molecular weight is 257 g/mol. The number of hydrogen-bond donors (Lipinski definition) is 1. The van der Waals surface area contributed by atoms with E-state index in [2.05, 4.69) is 4.90 Å². The molecule has 1 unspecified atom stereocenters. The van der Waals surface area contributed by atoms with Crippen LogP contribution in [0.2, 0.25) is 0 Å². The van der Waals surface area contributed by atoms with Crippen LogP contribution in [0, 0.1) is 5.41 Å². The van der Waals surface area contributed by atoms with Crippen molar-refractivity contribution >= 4 is 5.97 Å². The Morgan fingerprint density at radius 2 is 1.94 bits per heavy atom. The van der Waals surface area contributed by atoms with Crippen LogP contribution in [0.5, 0.6) is 0 Å². The zero-order chi connectivity index (χ0) is 13.6. The van der Waals surface area contributed by atoms with E-state index in [1.54, 1.807) is 0 Å². The molecule has 1 atom stereocenters. The Morgan fingerprint density at radius 1 is 1.33 bits per heavy atom. The molecule has 0 spiro atoms. The van der Waals surface area contributed by atoms with Crippen molar-refractivity contribution in [3.8, 4) is 0 Å². The number of carbonyl (C=O) groups is 1. The SMILES string of the molecule is CCC(C)(C)C(=O)OCC(O)CN1CCCCC1. The van der Waals surface area contributed by atoms with Crippen LogP contribution in [0.1, 0.15) is 46.5 Å². The smallest absolute Gasteiger partial charge is 0.311 e. The van der Waals surface area contributed by atoms with E-state index in [9.17, 15) is 9.90 Å². The van der Waals surface area contributed by atoms with Crippen molar-refractivity contribution < 1.29 is 14.6 Å². The first-order valence-corrected chi connectivity index (χ1v) is 7.03. The van der Waals surface area contributed by atoms with Crippen molar-refractivity contribution in [2.45, 2.75) is 52.6 Å². The van der Waals surface area contributed by atoms with Gasteiger partial charge in [0.1, 0.15) is 12.7 Å². The van der Waals surface area contributed by atoms with Gasteiger partial charge >= 0.3 is 5.97 Å². The molecule has 1 aliphatic rings. The number of hydrogen-bond acceptors (Lipinski definition) is 4. The van der Waals surface area contributed by atoms with Gasteiger partial charge in [0.15, 0.2) is 0 Å². The lowest BCUT2D eigenvalue weighted by Crippen LogP contribution is -2.39. The van der Waals surface area contributed by atoms with Crippen LogP contribution < -0.4 is 0 Å². The molecule has 4 nitrogen and oxygen atoms in total. The molecule has 106 valence electrons. The molecule has 1 aliphatic heterocycles. The summed E-state index contributed by atoms with van der Waals surface area (Å²) in [6, 6.07) is 0. The lowest BCUT2D eigenvalue weighted by atomic mass is 9.91. The fraction of sp³-hybridized carbons (Fsp3) is 0.929. The first-order valence-electron chi connectivity index (χ1n) is 7.03. The summed E-state index contributed by atoms with van der Waals surface area (Å²) in [5.41, 5.74) is -0.454. The number of esters is 1. The van der Waals surface area contributed by atoms with E-state index in [1.165, 1.54) is 19.3 Å². The molecule has 0 aromatic carbocycles. The number of nitrogens with zero attached hydrogens (tertiary/aromatic N) is 1. The number of carbonyl (C=O) groups excluding carboxylic acids is 1. The van der Waals surface area contributed by atoms with E-state index in [-0.39, 0.29) is 12.6 Å². The topological polar surface area (TPSA) is 49.8 Å². The van der Waals surface area contributed by atoms with Crippen LogP contribution in [0.15, 0.2) is 0 Å². The number of ether oxygens (including phenoxy) is 1. The molecule has 1 fully saturated rings. The van der Waals surface area contributed by atoms with E-state index < -0.39 is 11.5 Å². The lowest BCUT2D eigenvalue weighted by molar-refractivity contribution is -0.157. The minimum Gasteiger partial charge on any atom is -0.462 e. The van der Waals surface area contributed by atoms with Gasteiger partial charge in [0.05, 0.1) is 5.41 Å². The number of rotatable bonds is 6. The van der Waals surface area contributed by atoms with Crippen LogP contribution in [0.25, 0.3) is 0 Å². The number of β-amino-alcohol motifs (C(OH)–C–C–N with tert-alkyl or cyclic N) is 1. The Kier molecular flexibility index (Phi) is 6.09. The monoisotopic (exact) mass is 257 g/mol. The summed E-state index contributed by atoms with van der Waals surface area (Å²) in [6.45, 7) is 8.51. The Balaban J connectivity index is 2.23. The summed E-state index contributed by atoms with van der Waals surface area (Å²) in [6.07, 6.45) is 3.87. The van der Waals surface area contributed by atoms with Crippen molar-refractivity contribution in [3.05, 3.63) is 0 Å². The van der Waals surface area contributed by atoms with E-state index in [4.69, 9.17) is 4.74 Å². The van der Waals surface area contributed by atoms with Gasteiger partial charge in [-0.15, -0.1) is 0 Å². The molecule has 0 aromatic rings. The van der Waals surface area contributed by atoms with Crippen molar-refractivity contribution in [1.29, 1.82) is 0 Å². The third kappa shape index (κ3) is 4.94. The summed E-state index contributed by atoms with van der Waals surface area (Å²) < 4.78 is 5.19. The molecular weight excluding hydrogens is 230 g/mol. The maximum atomic E-state index is 11.7. The quantitative estimate of drug-likeness (QED) is 0.737. The highest BCUT2D eigenvalue weighted by molar-refractivity contribution is 5.75. The fourth-order valence-electron chi connectivity index (χ4n) is 2.00. The van der Waals surface area contributed by atoms with Crippen molar-refractivity contribution in [3.63, 3.8) is 0 Å². The predicted octanol–water partition coefficient (Wildman–Crippen LogP) is 1.81. The third-order valence-electron chi connectivity index (χ3n) is 3.76. The van der Waals surface area contributed by atoms with Gasteiger partial charge in [0.25, 0.3) is 0 Å². The van der Waals surface area contributed by atoms with Crippen LogP contribution in [-0.2, 0) is 9.53 Å². The van der Waals surface area contributed by atoms with Gasteiger partial charge in [-0.1, -0.05) is 13.3 Å². The molecule has 0 aromatic heterocycles. The highest BCUT2D eigenvalue weighted by Crippen LogP contribution is 2.21. The number of likely N-dealkylation sites (tertiary alicyclic amines) is 1. The van der Waals surface area contributed by atoms with Crippen molar-refractivity contribution in [1.82, 2.24) is 4.90 Å². The highest BCUT2D eigenvalue weighted by Gasteiger charge is 2.27. The largest absolute Gasteiger partial charge is 0.462 e. The normalized spacial score (nSPS) is 19.6. The van der Waals surface area contributed by atoms with Gasteiger partial charge in [-0.2, -0.15) is 0 Å². The zero-order valence-corrected chi connectivity index (χ0v) is 11.9. The maximum Gasteiger partial charge on any atom is 0.311 e. The summed E-state index contributed by atoms with van der Waals surface area (Å²) >= 11 is 0. The molecule has 0 radical (unpaired) electrons. The first-order chi connectivity index (χ1) is 8.45. The zero-order valence-electron chi connectivity index (χ0n) is 11.9. The molecule has 0 aliphatic carbocycles. The Morgan fingerprint density at radius 3 is 2.50 bits per heavy atom. The highest BCUT2D eigenvalue weighted by atomic mass is 16.5. The molecule has 0 saturated carbocycles. The molecule has 1 heterocycles. The Bertz CT molecular complexity index is 260. The van der Waals surface area contributed by atoms with Gasteiger partial charge in [-0.25, -0.2) is 0 Å². The van der Waals surface area contributed by atoms with Gasteiger partial charge in [0.2, 0.25) is 0 Å². The minimum atomic E-state index is -0.570. The average Bonchev–Trinajstić information content (AvgIpc) is 2.37. The predicted molar refractivity (Wildman–Crippen MR) is 71.3 cm³/mol. The van der Waals surface area contributed by atoms with Crippen molar-refractivity contribution in [2.75, 3.05) is 26.2 Å². The summed E-state index contributed by atoms with van der Waals surface area (Å²) in [5, 5.41) is 9.87. The Labute approximate surface area is 110 Å². The third-order valence-corrected chi connectivity index (χ3v) is 3.76.